The van der Waals surface area contributed by atoms with Crippen LogP contribution in [-0.4, -0.2) is 24.8 Å². The molecule has 1 heterocycles. The van der Waals surface area contributed by atoms with Gasteiger partial charge in [0.2, 0.25) is 0 Å². The summed E-state index contributed by atoms with van der Waals surface area (Å²) in [5.41, 5.74) is 0. The normalized spacial score (nSPS) is 12.9. The van der Waals surface area contributed by atoms with E-state index in [0.29, 0.717) is 11.8 Å². The predicted octanol–water partition coefficient (Wildman–Crippen LogP) is 2.32. The molecule has 0 aromatic carbocycles. The minimum Gasteiger partial charge on any atom is -0.465 e. The van der Waals surface area contributed by atoms with Crippen molar-refractivity contribution in [2.24, 2.45) is 0 Å². The summed E-state index contributed by atoms with van der Waals surface area (Å²) < 4.78 is 11.2. The molecule has 1 aromatic heterocycles. The van der Waals surface area contributed by atoms with Gasteiger partial charge in [-0.2, -0.15) is 4.98 Å². The van der Waals surface area contributed by atoms with Crippen LogP contribution in [0.3, 0.4) is 0 Å². The summed E-state index contributed by atoms with van der Waals surface area (Å²) in [5, 5.41) is 2.56. The van der Waals surface area contributed by atoms with Gasteiger partial charge in [-0.15, -0.1) is 0 Å². The molecule has 0 radical (unpaired) electrons. The third kappa shape index (κ3) is 3.08. The van der Waals surface area contributed by atoms with E-state index in [-0.39, 0.29) is 6.10 Å². The summed E-state index contributed by atoms with van der Waals surface area (Å²) in [5.74, 6) is 0. The van der Waals surface area contributed by atoms with E-state index >= 15 is 0 Å². The lowest BCUT2D eigenvalue weighted by Crippen LogP contribution is -2.17. The van der Waals surface area contributed by atoms with Crippen molar-refractivity contribution < 1.29 is 9.47 Å². The van der Waals surface area contributed by atoms with Gasteiger partial charge in [0.1, 0.15) is 10.7 Å². The molecule has 0 aliphatic rings. The highest BCUT2D eigenvalue weighted by Gasteiger charge is 2.06. The lowest BCUT2D eigenvalue weighted by Gasteiger charge is -2.09. The van der Waals surface area contributed by atoms with Crippen LogP contribution < -0.4 is 4.74 Å². The Morgan fingerprint density at radius 1 is 1.75 bits per heavy atom. The van der Waals surface area contributed by atoms with Crippen LogP contribution in [0.5, 0.6) is 5.19 Å². The van der Waals surface area contributed by atoms with E-state index in [9.17, 15) is 0 Å². The smallest absolute Gasteiger partial charge is 0.274 e. The van der Waals surface area contributed by atoms with E-state index in [4.69, 9.17) is 9.47 Å². The first kappa shape index (κ1) is 9.95. The molecule has 68 valence electrons. The zero-order chi connectivity index (χ0) is 8.97. The standard InChI is InChI=1S/C7H10BrNO2S/c1-5(3-10-2)11-7-9-6(8)4-12-7/h4-5H,3H2,1-2H3. The van der Waals surface area contributed by atoms with E-state index in [0.717, 1.165) is 4.60 Å². The fourth-order valence-corrected chi connectivity index (χ4v) is 1.91. The van der Waals surface area contributed by atoms with Crippen LogP contribution in [0.25, 0.3) is 0 Å². The number of rotatable bonds is 4. The average molecular weight is 252 g/mol. The van der Waals surface area contributed by atoms with Gasteiger partial charge in [0.05, 0.1) is 6.61 Å². The van der Waals surface area contributed by atoms with Crippen molar-refractivity contribution in [3.63, 3.8) is 0 Å². The molecule has 0 aliphatic heterocycles. The lowest BCUT2D eigenvalue weighted by molar-refractivity contribution is 0.0918. The lowest BCUT2D eigenvalue weighted by atomic mass is 10.4. The van der Waals surface area contributed by atoms with Crippen LogP contribution in [0.15, 0.2) is 9.98 Å². The van der Waals surface area contributed by atoms with Crippen molar-refractivity contribution in [3.05, 3.63) is 9.98 Å². The molecule has 3 nitrogen and oxygen atoms in total. The highest BCUT2D eigenvalue weighted by atomic mass is 79.9. The Morgan fingerprint density at radius 2 is 2.50 bits per heavy atom. The molecular weight excluding hydrogens is 242 g/mol. The van der Waals surface area contributed by atoms with Crippen LogP contribution in [0.1, 0.15) is 6.92 Å². The molecule has 0 fully saturated rings. The SMILES string of the molecule is COCC(C)Oc1nc(Br)cs1. The minimum atomic E-state index is 0.0491. The molecule has 5 heteroatoms. The Labute approximate surface area is 83.8 Å². The van der Waals surface area contributed by atoms with Gasteiger partial charge >= 0.3 is 0 Å². The van der Waals surface area contributed by atoms with Crippen LogP contribution in [0, 0.1) is 0 Å². The number of aromatic nitrogens is 1. The molecule has 1 rings (SSSR count). The minimum absolute atomic E-state index is 0.0491. The van der Waals surface area contributed by atoms with Gasteiger partial charge in [-0.05, 0) is 22.9 Å². The molecule has 1 aromatic rings. The monoisotopic (exact) mass is 251 g/mol. The quantitative estimate of drug-likeness (QED) is 0.824. The molecule has 0 bridgehead atoms. The molecule has 0 amide bonds. The third-order valence-corrected chi connectivity index (χ3v) is 2.60. The zero-order valence-electron chi connectivity index (χ0n) is 6.91. The number of thiazole rings is 1. The zero-order valence-corrected chi connectivity index (χ0v) is 9.31. The fourth-order valence-electron chi connectivity index (χ4n) is 0.734. The number of hydrogen-bond donors (Lipinski definition) is 0. The summed E-state index contributed by atoms with van der Waals surface area (Å²) in [4.78, 5) is 4.09. The number of nitrogens with zero attached hydrogens (tertiary/aromatic N) is 1. The van der Waals surface area contributed by atoms with E-state index in [1.807, 2.05) is 12.3 Å². The first-order valence-electron chi connectivity index (χ1n) is 3.49. The molecule has 1 atom stereocenters. The molecule has 0 saturated heterocycles. The molecule has 0 saturated carbocycles. The Bertz CT molecular complexity index is 241. The van der Waals surface area contributed by atoms with Gasteiger partial charge in [-0.1, -0.05) is 11.3 Å². The Kier molecular flexibility index (Phi) is 3.97. The van der Waals surface area contributed by atoms with Crippen molar-refractivity contribution in [2.75, 3.05) is 13.7 Å². The number of ether oxygens (including phenoxy) is 2. The maximum atomic E-state index is 5.43. The third-order valence-electron chi connectivity index (χ3n) is 1.16. The van der Waals surface area contributed by atoms with Crippen molar-refractivity contribution in [1.82, 2.24) is 4.98 Å². The van der Waals surface area contributed by atoms with Crippen LogP contribution >= 0.6 is 27.3 Å². The van der Waals surface area contributed by atoms with Gasteiger partial charge in [0.25, 0.3) is 5.19 Å². The van der Waals surface area contributed by atoms with Gasteiger partial charge in [0, 0.05) is 12.5 Å². The maximum absolute atomic E-state index is 5.43. The number of halogens is 1. The van der Waals surface area contributed by atoms with E-state index in [1.165, 1.54) is 11.3 Å². The first-order valence-corrected chi connectivity index (χ1v) is 5.16. The summed E-state index contributed by atoms with van der Waals surface area (Å²) in [6.45, 7) is 2.52. The van der Waals surface area contributed by atoms with Crippen molar-refractivity contribution in [1.29, 1.82) is 0 Å². The molecule has 1 unspecified atom stereocenters. The molecular formula is C7H10BrNO2S. The Morgan fingerprint density at radius 3 is 3.00 bits per heavy atom. The molecule has 0 aliphatic carbocycles. The Balaban J connectivity index is 2.41. The van der Waals surface area contributed by atoms with Gasteiger partial charge in [-0.3, -0.25) is 0 Å². The van der Waals surface area contributed by atoms with Gasteiger partial charge in [0.15, 0.2) is 0 Å². The highest BCUT2D eigenvalue weighted by Crippen LogP contribution is 2.22. The van der Waals surface area contributed by atoms with Gasteiger partial charge in [-0.25, -0.2) is 0 Å². The fraction of sp³-hybridized carbons (Fsp3) is 0.571. The largest absolute Gasteiger partial charge is 0.465 e. The van der Waals surface area contributed by atoms with Crippen molar-refractivity contribution in [2.45, 2.75) is 13.0 Å². The number of methoxy groups -OCH3 is 1. The molecule has 0 N–H and O–H groups in total. The highest BCUT2D eigenvalue weighted by molar-refractivity contribution is 9.10. The predicted molar refractivity (Wildman–Crippen MR) is 51.8 cm³/mol. The average Bonchev–Trinajstić information content (AvgIpc) is 2.36. The van der Waals surface area contributed by atoms with Crippen LogP contribution in [0.2, 0.25) is 0 Å². The van der Waals surface area contributed by atoms with Crippen LogP contribution in [-0.2, 0) is 4.74 Å². The summed E-state index contributed by atoms with van der Waals surface area (Å²) in [6, 6.07) is 0. The summed E-state index contributed by atoms with van der Waals surface area (Å²) in [6.07, 6.45) is 0.0491. The van der Waals surface area contributed by atoms with Crippen molar-refractivity contribution in [3.8, 4) is 5.19 Å². The van der Waals surface area contributed by atoms with E-state index < -0.39 is 0 Å². The second-order valence-electron chi connectivity index (χ2n) is 2.32. The topological polar surface area (TPSA) is 31.4 Å². The Hall–Kier alpha value is -0.130. The summed E-state index contributed by atoms with van der Waals surface area (Å²) >= 11 is 4.72. The van der Waals surface area contributed by atoms with E-state index in [2.05, 4.69) is 20.9 Å². The molecule has 0 spiro atoms. The van der Waals surface area contributed by atoms with Crippen molar-refractivity contribution >= 4 is 27.3 Å². The van der Waals surface area contributed by atoms with E-state index in [1.54, 1.807) is 7.11 Å². The van der Waals surface area contributed by atoms with Gasteiger partial charge < -0.3 is 9.47 Å². The number of hydrogen-bond acceptors (Lipinski definition) is 4. The second kappa shape index (κ2) is 4.79. The maximum Gasteiger partial charge on any atom is 0.274 e. The molecule has 12 heavy (non-hydrogen) atoms. The second-order valence-corrected chi connectivity index (χ2v) is 3.95. The first-order chi connectivity index (χ1) is 5.72. The van der Waals surface area contributed by atoms with Crippen LogP contribution in [0.4, 0.5) is 0 Å². The summed E-state index contributed by atoms with van der Waals surface area (Å²) in [7, 11) is 1.65.